The van der Waals surface area contributed by atoms with Crippen molar-refractivity contribution in [3.8, 4) is 0 Å². The topological polar surface area (TPSA) is 118 Å². The fraction of sp³-hybridized carbons (Fsp3) is 0.600. The maximum atomic E-state index is 10.3. The zero-order valence-corrected chi connectivity index (χ0v) is 6.13. The zero-order valence-electron chi connectivity index (χ0n) is 6.13. The second kappa shape index (κ2) is 3.31. The maximum absolute atomic E-state index is 10.3. The molecule has 0 aromatic carbocycles. The molecule has 6 heteroatoms. The van der Waals surface area contributed by atoms with Gasteiger partial charge in [-0.1, -0.05) is 0 Å². The molecule has 11 heavy (non-hydrogen) atoms. The summed E-state index contributed by atoms with van der Waals surface area (Å²) in [5, 5.41) is 10.6. The first-order valence-corrected chi connectivity index (χ1v) is 2.92. The van der Waals surface area contributed by atoms with Crippen LogP contribution in [-0.4, -0.2) is 29.2 Å². The van der Waals surface area contributed by atoms with Crippen molar-refractivity contribution < 1.29 is 14.7 Å². The van der Waals surface area contributed by atoms with Crippen molar-refractivity contribution in [1.82, 2.24) is 5.32 Å². The van der Waals surface area contributed by atoms with E-state index < -0.39 is 11.6 Å². The molecule has 0 spiro atoms. The third kappa shape index (κ3) is 3.54. The van der Waals surface area contributed by atoms with Crippen LogP contribution in [-0.2, 0) is 9.59 Å². The van der Waals surface area contributed by atoms with Gasteiger partial charge in [-0.3, -0.25) is 4.79 Å². The highest BCUT2D eigenvalue weighted by Gasteiger charge is 2.28. The fourth-order valence-corrected chi connectivity index (χ4v) is 0.346. The molecule has 0 unspecified atom stereocenters. The summed E-state index contributed by atoms with van der Waals surface area (Å²) < 4.78 is 0. The van der Waals surface area contributed by atoms with Gasteiger partial charge < -0.3 is 21.9 Å². The Morgan fingerprint density at radius 1 is 1.55 bits per heavy atom. The molecule has 0 fully saturated rings. The Hall–Kier alpha value is -1.14. The van der Waals surface area contributed by atoms with E-state index in [0.29, 0.717) is 0 Å². The van der Waals surface area contributed by atoms with Gasteiger partial charge in [0.1, 0.15) is 0 Å². The van der Waals surface area contributed by atoms with Crippen LogP contribution in [0.25, 0.3) is 0 Å². The average Bonchev–Trinajstić information content (AvgIpc) is 1.84. The van der Waals surface area contributed by atoms with Gasteiger partial charge >= 0.3 is 5.97 Å². The lowest BCUT2D eigenvalue weighted by atomic mass is 10.2. The number of rotatable bonds is 3. The van der Waals surface area contributed by atoms with Crippen LogP contribution in [0, 0.1) is 0 Å². The van der Waals surface area contributed by atoms with Crippen LogP contribution >= 0.6 is 0 Å². The Morgan fingerprint density at radius 2 is 2.00 bits per heavy atom. The lowest BCUT2D eigenvalue weighted by molar-refractivity contribution is -0.143. The fourth-order valence-electron chi connectivity index (χ4n) is 0.346. The summed E-state index contributed by atoms with van der Waals surface area (Å²) in [6.07, 6.45) is 0. The molecule has 0 aliphatic carbocycles. The van der Waals surface area contributed by atoms with Crippen LogP contribution in [0.2, 0.25) is 0 Å². The van der Waals surface area contributed by atoms with Gasteiger partial charge in [0.25, 0.3) is 0 Å². The third-order valence-electron chi connectivity index (χ3n) is 1.03. The van der Waals surface area contributed by atoms with Crippen molar-refractivity contribution in [2.24, 2.45) is 11.5 Å². The first kappa shape index (κ1) is 9.86. The molecule has 6 nitrogen and oxygen atoms in total. The Labute approximate surface area is 63.5 Å². The molecule has 0 aliphatic rings. The Kier molecular flexibility index (Phi) is 2.97. The van der Waals surface area contributed by atoms with Crippen molar-refractivity contribution in [3.05, 3.63) is 0 Å². The molecule has 0 saturated carbocycles. The zero-order chi connectivity index (χ0) is 9.07. The van der Waals surface area contributed by atoms with Crippen molar-refractivity contribution in [2.45, 2.75) is 12.6 Å². The van der Waals surface area contributed by atoms with E-state index in [1.165, 1.54) is 6.92 Å². The van der Waals surface area contributed by atoms with Crippen LogP contribution in [0.5, 0.6) is 0 Å². The molecule has 6 N–H and O–H groups in total. The van der Waals surface area contributed by atoms with Gasteiger partial charge in [0.05, 0.1) is 6.54 Å². The van der Waals surface area contributed by atoms with Gasteiger partial charge in [0.2, 0.25) is 5.91 Å². The molecule has 0 rings (SSSR count). The summed E-state index contributed by atoms with van der Waals surface area (Å²) in [6.45, 7) is 0.968. The third-order valence-corrected chi connectivity index (χ3v) is 1.03. The second-order valence-electron chi connectivity index (χ2n) is 2.26. The number of carbonyl (C=O) groups is 2. The second-order valence-corrected chi connectivity index (χ2v) is 2.26. The normalized spacial score (nSPS) is 10.8. The van der Waals surface area contributed by atoms with E-state index in [1.807, 2.05) is 0 Å². The molecular formula is C5H11N3O3. The minimum atomic E-state index is -1.88. The summed E-state index contributed by atoms with van der Waals surface area (Å²) in [5.74, 6) is -1.72. The molecular weight excluding hydrogens is 150 g/mol. The highest BCUT2D eigenvalue weighted by molar-refractivity contribution is 5.79. The molecule has 0 bridgehead atoms. The highest BCUT2D eigenvalue weighted by Crippen LogP contribution is 1.86. The molecule has 64 valence electrons. The van der Waals surface area contributed by atoms with Gasteiger partial charge in [-0.2, -0.15) is 0 Å². The Balaban J connectivity index is 3.92. The first-order chi connectivity index (χ1) is 4.86. The molecule has 0 heterocycles. The maximum Gasteiger partial charge on any atom is 0.340 e. The molecule has 1 amide bonds. The highest BCUT2D eigenvalue weighted by atomic mass is 16.4. The number of aliphatic carboxylic acids is 1. The monoisotopic (exact) mass is 161 g/mol. The van der Waals surface area contributed by atoms with Gasteiger partial charge in [0.15, 0.2) is 5.66 Å². The number of hydrogen-bond donors (Lipinski definition) is 4. The molecule has 0 saturated heterocycles. The first-order valence-electron chi connectivity index (χ1n) is 2.92. The summed E-state index contributed by atoms with van der Waals surface area (Å²) in [7, 11) is 0. The van der Waals surface area contributed by atoms with E-state index in [-0.39, 0.29) is 12.5 Å². The Morgan fingerprint density at radius 3 is 2.27 bits per heavy atom. The van der Waals surface area contributed by atoms with Gasteiger partial charge in [0, 0.05) is 6.92 Å². The van der Waals surface area contributed by atoms with Crippen LogP contribution in [0.3, 0.4) is 0 Å². The number of nitrogens with two attached hydrogens (primary N) is 2. The number of carbonyl (C=O) groups excluding carboxylic acids is 1. The largest absolute Gasteiger partial charge is 0.479 e. The lowest BCUT2D eigenvalue weighted by Crippen LogP contribution is -2.62. The van der Waals surface area contributed by atoms with Crippen molar-refractivity contribution in [3.63, 3.8) is 0 Å². The number of hydrogen-bond acceptors (Lipinski definition) is 4. The van der Waals surface area contributed by atoms with E-state index in [4.69, 9.17) is 16.6 Å². The predicted molar refractivity (Wildman–Crippen MR) is 37.4 cm³/mol. The number of carboxylic acid groups (broad SMARTS) is 1. The minimum absolute atomic E-state index is 0.280. The average molecular weight is 161 g/mol. The summed E-state index contributed by atoms with van der Waals surface area (Å²) in [5.41, 5.74) is 8.26. The van der Waals surface area contributed by atoms with E-state index in [9.17, 15) is 9.59 Å². The minimum Gasteiger partial charge on any atom is -0.479 e. The van der Waals surface area contributed by atoms with Gasteiger partial charge in [-0.05, 0) is 0 Å². The number of amides is 1. The number of carboxylic acids is 1. The van der Waals surface area contributed by atoms with Crippen molar-refractivity contribution in [2.75, 3.05) is 6.54 Å². The summed E-state index contributed by atoms with van der Waals surface area (Å²) >= 11 is 0. The van der Waals surface area contributed by atoms with E-state index >= 15 is 0 Å². The predicted octanol–water partition coefficient (Wildman–Crippen LogP) is -2.18. The van der Waals surface area contributed by atoms with Crippen LogP contribution in [0.4, 0.5) is 0 Å². The van der Waals surface area contributed by atoms with Gasteiger partial charge in [-0.25, -0.2) is 4.79 Å². The molecule has 0 aliphatic heterocycles. The molecule has 0 atom stereocenters. The van der Waals surface area contributed by atoms with Crippen LogP contribution in [0.1, 0.15) is 6.92 Å². The van der Waals surface area contributed by atoms with Crippen molar-refractivity contribution in [1.29, 1.82) is 0 Å². The lowest BCUT2D eigenvalue weighted by Gasteiger charge is -2.18. The summed E-state index contributed by atoms with van der Waals surface area (Å²) in [6, 6.07) is 0. The van der Waals surface area contributed by atoms with E-state index in [1.54, 1.807) is 0 Å². The Bertz CT molecular complexity index is 178. The van der Waals surface area contributed by atoms with Gasteiger partial charge in [-0.15, -0.1) is 0 Å². The van der Waals surface area contributed by atoms with Crippen LogP contribution in [0.15, 0.2) is 0 Å². The summed E-state index contributed by atoms with van der Waals surface area (Å²) in [4.78, 5) is 20.5. The van der Waals surface area contributed by atoms with Crippen LogP contribution < -0.4 is 16.8 Å². The smallest absolute Gasteiger partial charge is 0.340 e. The van der Waals surface area contributed by atoms with E-state index in [2.05, 4.69) is 5.32 Å². The van der Waals surface area contributed by atoms with E-state index in [0.717, 1.165) is 0 Å². The standard InChI is InChI=1S/C5H11N3O3/c1-3(9)8-2-5(6,7)4(10)11/h2,6-7H2,1H3,(H,8,9)(H,10,11). The van der Waals surface area contributed by atoms with Crippen molar-refractivity contribution >= 4 is 11.9 Å². The molecule has 0 radical (unpaired) electrons. The number of nitrogens with one attached hydrogen (secondary N) is 1. The molecule has 0 aromatic rings. The SMILES string of the molecule is CC(=O)NCC(N)(N)C(=O)O. The quantitative estimate of drug-likeness (QED) is 0.351. The molecule has 0 aromatic heterocycles.